The van der Waals surface area contributed by atoms with Crippen LogP contribution in [0.3, 0.4) is 0 Å². The summed E-state index contributed by atoms with van der Waals surface area (Å²) in [6, 6.07) is 32.7. The van der Waals surface area contributed by atoms with E-state index in [9.17, 15) is 20.4 Å². The number of aliphatic hydroxyl groups is 1. The first-order chi connectivity index (χ1) is 34.9. The molecule has 0 saturated heterocycles. The minimum Gasteiger partial charge on any atom is -0.508 e. The van der Waals surface area contributed by atoms with Gasteiger partial charge in [-0.25, -0.2) is 18.7 Å². The molecule has 360 valence electrons. The third kappa shape index (κ3) is 9.17. The maximum Gasteiger partial charge on any atom is 0.204 e. The Kier molecular flexibility index (Phi) is 12.9. The standard InChI is InChI=1S/C57H42F4N4O7/c1-2-25-70-38-15-13-31(14-16-38)57(69)72-27-6-26-71-56-54(60)52(58)51(53(59)55(56)61)50-45-23-21-43(64-45)48(33-8-4-11-36(67)29-33)41-19-17-39(62-41)47(32-7-3-10-35(66)28-32)40-18-20-42(63-40)49(44-22-24-46(50)65-44)34-9-5-12-37(68)30-34/h2-5,7-24,28-30,57,62,65-69H,1,6,25-27H2. The average molecular weight is 971 g/mol. The highest BCUT2D eigenvalue weighted by Gasteiger charge is 2.31. The van der Waals surface area contributed by atoms with E-state index >= 15 is 17.6 Å². The number of aromatic amines is 2. The van der Waals surface area contributed by atoms with Crippen LogP contribution in [-0.4, -0.2) is 60.2 Å². The SMILES string of the molecule is C=CCOc1ccc(C(O)OCCCOc2c(F)c(F)c(-c3c4nc(c(-c5cccc(O)c5)c5ccc([nH]5)c(-c5cccc(O)c5)c5nc(c(-c6cccc(O)c6)c6ccc3[nH]6)C=C5)C=C4)c(F)c2F)cc1. The van der Waals surface area contributed by atoms with Gasteiger partial charge in [-0.05, 0) is 114 Å². The summed E-state index contributed by atoms with van der Waals surface area (Å²) >= 11 is 0. The molecule has 0 aliphatic carbocycles. The highest BCUT2D eigenvalue weighted by Crippen LogP contribution is 2.43. The second-order valence-electron chi connectivity index (χ2n) is 16.7. The molecule has 6 N–H and O–H groups in total. The molecule has 10 rings (SSSR count). The zero-order chi connectivity index (χ0) is 50.0. The first kappa shape index (κ1) is 46.8. The number of nitrogens with one attached hydrogen (secondary N) is 2. The van der Waals surface area contributed by atoms with Crippen molar-refractivity contribution in [1.29, 1.82) is 0 Å². The molecule has 3 aromatic heterocycles. The molecule has 1 unspecified atom stereocenters. The molecule has 0 amide bonds. The number of aromatic nitrogens is 4. The Morgan fingerprint density at radius 1 is 0.514 bits per heavy atom. The van der Waals surface area contributed by atoms with Crippen molar-refractivity contribution in [2.75, 3.05) is 19.8 Å². The van der Waals surface area contributed by atoms with Gasteiger partial charge in [-0.3, -0.25) is 0 Å². The number of hydrogen-bond acceptors (Lipinski definition) is 9. The Labute approximate surface area is 408 Å². The summed E-state index contributed by atoms with van der Waals surface area (Å²) in [5.41, 5.74) is 4.56. The largest absolute Gasteiger partial charge is 0.508 e. The van der Waals surface area contributed by atoms with Gasteiger partial charge in [-0.1, -0.05) is 61.2 Å². The zero-order valence-electron chi connectivity index (χ0n) is 38.0. The van der Waals surface area contributed by atoms with Crippen LogP contribution in [0.15, 0.2) is 134 Å². The average Bonchev–Trinajstić information content (AvgIpc) is 4.23. The van der Waals surface area contributed by atoms with E-state index in [2.05, 4.69) is 16.5 Å². The monoisotopic (exact) mass is 970 g/mol. The van der Waals surface area contributed by atoms with Gasteiger partial charge in [-0.2, -0.15) is 8.78 Å². The van der Waals surface area contributed by atoms with Gasteiger partial charge in [0, 0.05) is 56.3 Å². The fourth-order valence-electron chi connectivity index (χ4n) is 8.73. The molecule has 15 heteroatoms. The van der Waals surface area contributed by atoms with Crippen LogP contribution in [0.2, 0.25) is 0 Å². The van der Waals surface area contributed by atoms with Gasteiger partial charge in [0.1, 0.15) is 29.6 Å². The van der Waals surface area contributed by atoms with Gasteiger partial charge in [0.2, 0.25) is 11.6 Å². The minimum absolute atomic E-state index is 0.000779. The first-order valence-electron chi connectivity index (χ1n) is 22.6. The van der Waals surface area contributed by atoms with E-state index in [0.29, 0.717) is 79.2 Å². The predicted octanol–water partition coefficient (Wildman–Crippen LogP) is 13.0. The molecule has 8 bridgehead atoms. The fraction of sp³-hybridized carbons (Fsp3) is 0.0877. The molecule has 8 aromatic rings. The number of halogens is 4. The van der Waals surface area contributed by atoms with Crippen molar-refractivity contribution in [3.63, 3.8) is 0 Å². The molecule has 0 saturated carbocycles. The van der Waals surface area contributed by atoms with Crippen LogP contribution in [0.5, 0.6) is 28.7 Å². The Bertz CT molecular complexity index is 3590. The molecule has 0 fully saturated rings. The lowest BCUT2D eigenvalue weighted by molar-refractivity contribution is -0.105. The molecule has 0 spiro atoms. The van der Waals surface area contributed by atoms with Gasteiger partial charge in [0.25, 0.3) is 0 Å². The number of aliphatic hydroxyl groups excluding tert-OH is 1. The molecular weight excluding hydrogens is 929 g/mol. The Morgan fingerprint density at radius 2 is 0.944 bits per heavy atom. The number of phenolic OH excluding ortho intramolecular Hbond substituents is 3. The van der Waals surface area contributed by atoms with Gasteiger partial charge >= 0.3 is 0 Å². The van der Waals surface area contributed by atoms with E-state index < -0.39 is 47.5 Å². The van der Waals surface area contributed by atoms with Crippen molar-refractivity contribution in [3.8, 4) is 73.3 Å². The van der Waals surface area contributed by atoms with E-state index in [1.165, 1.54) is 36.4 Å². The molecule has 5 aromatic carbocycles. The van der Waals surface area contributed by atoms with Crippen LogP contribution in [-0.2, 0) is 4.74 Å². The molecule has 0 radical (unpaired) electrons. The molecule has 72 heavy (non-hydrogen) atoms. The van der Waals surface area contributed by atoms with Gasteiger partial charge in [-0.15, -0.1) is 0 Å². The number of nitrogens with zero attached hydrogens (tertiary/aromatic N) is 2. The Balaban J connectivity index is 1.14. The molecule has 2 aliphatic rings. The van der Waals surface area contributed by atoms with Crippen LogP contribution in [0, 0.1) is 23.3 Å². The van der Waals surface area contributed by atoms with Gasteiger partial charge in [0.15, 0.2) is 23.7 Å². The zero-order valence-corrected chi connectivity index (χ0v) is 38.0. The van der Waals surface area contributed by atoms with Crippen molar-refractivity contribution in [3.05, 3.63) is 186 Å². The van der Waals surface area contributed by atoms with Crippen molar-refractivity contribution in [2.24, 2.45) is 0 Å². The topological polar surface area (TPSA) is 166 Å². The van der Waals surface area contributed by atoms with E-state index in [1.54, 1.807) is 103 Å². The van der Waals surface area contributed by atoms with E-state index in [1.807, 2.05) is 12.1 Å². The van der Waals surface area contributed by atoms with Gasteiger partial charge in [0.05, 0.1) is 41.6 Å². The van der Waals surface area contributed by atoms with Gasteiger partial charge < -0.3 is 44.6 Å². The number of phenols is 3. The number of fused-ring (bicyclic) bond motifs is 8. The van der Waals surface area contributed by atoms with Crippen LogP contribution in [0.4, 0.5) is 17.6 Å². The number of aromatic hydroxyl groups is 3. The summed E-state index contributed by atoms with van der Waals surface area (Å²) in [7, 11) is 0. The number of hydrogen-bond donors (Lipinski definition) is 6. The van der Waals surface area contributed by atoms with Crippen LogP contribution >= 0.6 is 0 Å². The highest BCUT2D eigenvalue weighted by atomic mass is 19.2. The molecule has 1 atom stereocenters. The first-order valence-corrected chi connectivity index (χ1v) is 22.6. The van der Waals surface area contributed by atoms with Crippen LogP contribution < -0.4 is 9.47 Å². The Hall–Kier alpha value is -8.92. The number of rotatable bonds is 14. The Morgan fingerprint density at radius 3 is 1.38 bits per heavy atom. The summed E-state index contributed by atoms with van der Waals surface area (Å²) in [6.07, 6.45) is 6.80. The quantitative estimate of drug-likeness (QED) is 0.0204. The molecule has 11 nitrogen and oxygen atoms in total. The number of ether oxygens (including phenoxy) is 3. The summed E-state index contributed by atoms with van der Waals surface area (Å²) in [5.74, 6) is -7.96. The molecule has 2 aliphatic heterocycles. The third-order valence-corrected chi connectivity index (χ3v) is 12.0. The smallest absolute Gasteiger partial charge is 0.204 e. The third-order valence-electron chi connectivity index (χ3n) is 12.0. The van der Waals surface area contributed by atoms with Crippen LogP contribution in [0.25, 0.3) is 90.9 Å². The van der Waals surface area contributed by atoms with E-state index in [4.69, 9.17) is 24.2 Å². The minimum atomic E-state index is -1.80. The maximum absolute atomic E-state index is 16.8. The summed E-state index contributed by atoms with van der Waals surface area (Å²) in [5, 5.41) is 42.5. The lowest BCUT2D eigenvalue weighted by Gasteiger charge is -2.15. The lowest BCUT2D eigenvalue weighted by Crippen LogP contribution is -2.11. The summed E-state index contributed by atoms with van der Waals surface area (Å²) < 4.78 is 82.6. The fourth-order valence-corrected chi connectivity index (χ4v) is 8.73. The second-order valence-corrected chi connectivity index (χ2v) is 16.7. The lowest BCUT2D eigenvalue weighted by atomic mass is 10.0. The van der Waals surface area contributed by atoms with Crippen molar-refractivity contribution in [1.82, 2.24) is 19.9 Å². The van der Waals surface area contributed by atoms with E-state index in [-0.39, 0.29) is 52.7 Å². The highest BCUT2D eigenvalue weighted by molar-refractivity contribution is 6.00. The maximum atomic E-state index is 16.8. The summed E-state index contributed by atoms with van der Waals surface area (Å²) in [4.78, 5) is 16.7. The molecule has 5 heterocycles. The number of benzene rings is 5. The summed E-state index contributed by atoms with van der Waals surface area (Å²) in [6.45, 7) is 3.31. The van der Waals surface area contributed by atoms with Crippen molar-refractivity contribution >= 4 is 46.4 Å². The van der Waals surface area contributed by atoms with Crippen molar-refractivity contribution < 1.29 is 52.2 Å². The van der Waals surface area contributed by atoms with E-state index in [0.717, 1.165) is 0 Å². The number of H-pyrrole nitrogens is 2. The second kappa shape index (κ2) is 19.8. The van der Waals surface area contributed by atoms with Crippen molar-refractivity contribution in [2.45, 2.75) is 12.7 Å². The molecular formula is C57H42F4N4O7. The predicted molar refractivity (Wildman–Crippen MR) is 269 cm³/mol. The normalized spacial score (nSPS) is 12.3. The van der Waals surface area contributed by atoms with Crippen LogP contribution in [0.1, 0.15) is 41.1 Å².